The molecular formula is C18H19N3O5. The Morgan fingerprint density at radius 3 is 2.54 bits per heavy atom. The van der Waals surface area contributed by atoms with Gasteiger partial charge in [-0.25, -0.2) is 0 Å². The molecule has 0 heterocycles. The number of anilines is 1. The van der Waals surface area contributed by atoms with Crippen LogP contribution in [0.25, 0.3) is 0 Å². The summed E-state index contributed by atoms with van der Waals surface area (Å²) in [5.41, 5.74) is 0.414. The molecule has 0 radical (unpaired) electrons. The first-order valence-electron chi connectivity index (χ1n) is 7.99. The predicted molar refractivity (Wildman–Crippen MR) is 96.7 cm³/mol. The number of hydrogen-bond acceptors (Lipinski definition) is 5. The number of nitro benzene ring substituents is 1. The van der Waals surface area contributed by atoms with E-state index in [1.54, 1.807) is 24.3 Å². The summed E-state index contributed by atoms with van der Waals surface area (Å²) in [6, 6.07) is 10.5. The predicted octanol–water partition coefficient (Wildman–Crippen LogP) is 3.00. The lowest BCUT2D eigenvalue weighted by Crippen LogP contribution is -2.25. The molecule has 0 aromatic heterocycles. The Hall–Kier alpha value is -3.42. The van der Waals surface area contributed by atoms with E-state index in [9.17, 15) is 19.7 Å². The molecule has 2 aromatic carbocycles. The number of nitro groups is 1. The summed E-state index contributed by atoms with van der Waals surface area (Å²) in [5, 5.41) is 16.5. The van der Waals surface area contributed by atoms with Crippen molar-refractivity contribution in [2.75, 3.05) is 19.0 Å². The molecule has 0 bridgehead atoms. The van der Waals surface area contributed by atoms with Crippen molar-refractivity contribution >= 4 is 23.2 Å². The fourth-order valence-electron chi connectivity index (χ4n) is 2.29. The molecule has 8 nitrogen and oxygen atoms in total. The Balaban J connectivity index is 2.27. The van der Waals surface area contributed by atoms with Crippen LogP contribution in [0, 0.1) is 10.1 Å². The Labute approximate surface area is 150 Å². The van der Waals surface area contributed by atoms with E-state index in [4.69, 9.17) is 4.74 Å². The molecule has 0 saturated carbocycles. The van der Waals surface area contributed by atoms with Crippen molar-refractivity contribution in [1.29, 1.82) is 0 Å². The lowest BCUT2D eigenvalue weighted by molar-refractivity contribution is -0.385. The highest BCUT2D eigenvalue weighted by Gasteiger charge is 2.19. The van der Waals surface area contributed by atoms with Crippen LogP contribution in [0.3, 0.4) is 0 Å². The molecule has 2 rings (SSSR count). The van der Waals surface area contributed by atoms with Crippen LogP contribution in [0.2, 0.25) is 0 Å². The molecule has 26 heavy (non-hydrogen) atoms. The molecule has 0 spiro atoms. The molecule has 0 saturated heterocycles. The van der Waals surface area contributed by atoms with Gasteiger partial charge in [-0.15, -0.1) is 0 Å². The molecule has 2 aromatic rings. The molecular weight excluding hydrogens is 338 g/mol. The van der Waals surface area contributed by atoms with Crippen molar-refractivity contribution < 1.29 is 19.2 Å². The summed E-state index contributed by atoms with van der Waals surface area (Å²) in [6.07, 6.45) is 0.787. The largest absolute Gasteiger partial charge is 0.490 e. The van der Waals surface area contributed by atoms with E-state index in [-0.39, 0.29) is 22.9 Å². The topological polar surface area (TPSA) is 111 Å². The summed E-state index contributed by atoms with van der Waals surface area (Å²) in [7, 11) is 1.31. The van der Waals surface area contributed by atoms with Crippen molar-refractivity contribution in [3.05, 3.63) is 63.7 Å². The van der Waals surface area contributed by atoms with Gasteiger partial charge in [-0.2, -0.15) is 0 Å². The van der Waals surface area contributed by atoms with E-state index in [0.29, 0.717) is 17.8 Å². The normalized spacial score (nSPS) is 10.1. The number of para-hydroxylation sites is 1. The minimum absolute atomic E-state index is 0.0610. The van der Waals surface area contributed by atoms with E-state index in [0.717, 1.165) is 12.5 Å². The van der Waals surface area contributed by atoms with Crippen molar-refractivity contribution in [1.82, 2.24) is 5.32 Å². The van der Waals surface area contributed by atoms with Crippen molar-refractivity contribution in [2.45, 2.75) is 13.3 Å². The van der Waals surface area contributed by atoms with Gasteiger partial charge in [0, 0.05) is 18.2 Å². The third-order valence-corrected chi connectivity index (χ3v) is 3.59. The summed E-state index contributed by atoms with van der Waals surface area (Å²) in [4.78, 5) is 35.1. The summed E-state index contributed by atoms with van der Waals surface area (Å²) in [6.45, 7) is 2.45. The summed E-state index contributed by atoms with van der Waals surface area (Å²) < 4.78 is 4.92. The zero-order valence-electron chi connectivity index (χ0n) is 14.4. The van der Waals surface area contributed by atoms with Gasteiger partial charge in [0.2, 0.25) is 0 Å². The van der Waals surface area contributed by atoms with Gasteiger partial charge in [-0.3, -0.25) is 19.7 Å². The highest BCUT2D eigenvalue weighted by molar-refractivity contribution is 6.09. The van der Waals surface area contributed by atoms with E-state index in [2.05, 4.69) is 10.6 Å². The smallest absolute Gasteiger partial charge is 0.311 e. The molecule has 2 N–H and O–H groups in total. The van der Waals surface area contributed by atoms with Crippen LogP contribution in [0.1, 0.15) is 34.1 Å². The van der Waals surface area contributed by atoms with Crippen molar-refractivity contribution in [3.8, 4) is 5.75 Å². The summed E-state index contributed by atoms with van der Waals surface area (Å²) in [5.74, 6) is -0.805. The Bertz CT molecular complexity index is 835. The maximum absolute atomic E-state index is 12.5. The van der Waals surface area contributed by atoms with Crippen LogP contribution in [-0.4, -0.2) is 30.4 Å². The van der Waals surface area contributed by atoms with E-state index < -0.39 is 10.8 Å². The minimum atomic E-state index is -0.623. The lowest BCUT2D eigenvalue weighted by atomic mass is 10.1. The zero-order valence-corrected chi connectivity index (χ0v) is 14.4. The zero-order chi connectivity index (χ0) is 19.1. The number of amides is 2. The number of carbonyl (C=O) groups excluding carboxylic acids is 2. The number of ether oxygens (including phenoxy) is 1. The first-order chi connectivity index (χ1) is 12.5. The number of nitrogens with zero attached hydrogens (tertiary/aromatic N) is 1. The number of rotatable bonds is 7. The van der Waals surface area contributed by atoms with E-state index in [1.807, 2.05) is 6.92 Å². The van der Waals surface area contributed by atoms with Crippen molar-refractivity contribution in [3.63, 3.8) is 0 Å². The molecule has 0 unspecified atom stereocenters. The number of hydrogen-bond donors (Lipinski definition) is 2. The van der Waals surface area contributed by atoms with E-state index >= 15 is 0 Å². The van der Waals surface area contributed by atoms with Gasteiger partial charge >= 0.3 is 5.69 Å². The third-order valence-electron chi connectivity index (χ3n) is 3.59. The van der Waals surface area contributed by atoms with Crippen LogP contribution >= 0.6 is 0 Å². The van der Waals surface area contributed by atoms with Crippen LogP contribution < -0.4 is 15.4 Å². The number of benzene rings is 2. The first kappa shape index (κ1) is 18.9. The molecule has 0 aliphatic rings. The second kappa shape index (κ2) is 8.61. The maximum Gasteiger partial charge on any atom is 0.311 e. The number of carbonyl (C=O) groups is 2. The molecule has 0 fully saturated rings. The molecule has 0 aliphatic heterocycles. The Kier molecular flexibility index (Phi) is 6.26. The highest BCUT2D eigenvalue weighted by Crippen LogP contribution is 2.28. The standard InChI is InChI=1S/C18H19N3O5/c1-3-10-19-18(23)13-6-4-5-7-14(13)20-17(22)12-8-9-16(26-2)15(11-12)21(24)25/h4-9,11H,3,10H2,1-2H3,(H,19,23)(H,20,22). The minimum Gasteiger partial charge on any atom is -0.490 e. The lowest BCUT2D eigenvalue weighted by Gasteiger charge is -2.11. The fourth-order valence-corrected chi connectivity index (χ4v) is 2.29. The quantitative estimate of drug-likeness (QED) is 0.584. The second-order valence-corrected chi connectivity index (χ2v) is 5.40. The van der Waals surface area contributed by atoms with Gasteiger partial charge in [0.25, 0.3) is 11.8 Å². The first-order valence-corrected chi connectivity index (χ1v) is 7.99. The van der Waals surface area contributed by atoms with Gasteiger partial charge in [0.15, 0.2) is 5.75 Å². The van der Waals surface area contributed by atoms with Gasteiger partial charge in [0.05, 0.1) is 23.3 Å². The molecule has 0 aliphatic carbocycles. The monoisotopic (exact) mass is 357 g/mol. The second-order valence-electron chi connectivity index (χ2n) is 5.40. The van der Waals surface area contributed by atoms with Gasteiger partial charge in [-0.1, -0.05) is 19.1 Å². The maximum atomic E-state index is 12.5. The fraction of sp³-hybridized carbons (Fsp3) is 0.222. The molecule has 2 amide bonds. The van der Waals surface area contributed by atoms with Crippen LogP contribution in [0.5, 0.6) is 5.75 Å². The van der Waals surface area contributed by atoms with Crippen LogP contribution in [0.15, 0.2) is 42.5 Å². The van der Waals surface area contributed by atoms with Gasteiger partial charge < -0.3 is 15.4 Å². The van der Waals surface area contributed by atoms with Gasteiger partial charge in [-0.05, 0) is 30.7 Å². The SMILES string of the molecule is CCCNC(=O)c1ccccc1NC(=O)c1ccc(OC)c([N+](=O)[O-])c1. The molecule has 0 atom stereocenters. The van der Waals surface area contributed by atoms with Crippen LogP contribution in [0.4, 0.5) is 11.4 Å². The van der Waals surface area contributed by atoms with Crippen molar-refractivity contribution in [2.24, 2.45) is 0 Å². The molecule has 136 valence electrons. The third kappa shape index (κ3) is 4.35. The van der Waals surface area contributed by atoms with Gasteiger partial charge in [0.1, 0.15) is 0 Å². The highest BCUT2D eigenvalue weighted by atomic mass is 16.6. The molecule has 8 heteroatoms. The Morgan fingerprint density at radius 2 is 1.88 bits per heavy atom. The van der Waals surface area contributed by atoms with E-state index in [1.165, 1.54) is 19.2 Å². The van der Waals surface area contributed by atoms with Crippen LogP contribution in [-0.2, 0) is 0 Å². The average molecular weight is 357 g/mol. The Morgan fingerprint density at radius 1 is 1.15 bits per heavy atom. The number of nitrogens with one attached hydrogen (secondary N) is 2. The number of methoxy groups -OCH3 is 1. The summed E-state index contributed by atoms with van der Waals surface area (Å²) >= 11 is 0. The average Bonchev–Trinajstić information content (AvgIpc) is 2.65.